The lowest BCUT2D eigenvalue weighted by molar-refractivity contribution is 0.631. The summed E-state index contributed by atoms with van der Waals surface area (Å²) in [4.78, 5) is 12.6. The van der Waals surface area contributed by atoms with Crippen molar-refractivity contribution in [3.8, 4) is 12.3 Å². The van der Waals surface area contributed by atoms with Crippen LogP contribution in [0, 0.1) is 26.2 Å². The minimum atomic E-state index is -0.113. The maximum Gasteiger partial charge on any atom is 0.267 e. The van der Waals surface area contributed by atoms with Crippen LogP contribution < -0.4 is 16.1 Å². The number of aromatic nitrogens is 1. The topological polar surface area (TPSA) is 22.0 Å². The lowest BCUT2D eigenvalue weighted by Crippen LogP contribution is -2.45. The van der Waals surface area contributed by atoms with Crippen molar-refractivity contribution < 1.29 is 0 Å². The fraction of sp³-hybridized carbons (Fsp3) is 0.240. The van der Waals surface area contributed by atoms with Crippen LogP contribution in [0.3, 0.4) is 0 Å². The molecule has 0 saturated heterocycles. The highest BCUT2D eigenvalue weighted by Gasteiger charge is 2.12. The van der Waals surface area contributed by atoms with Crippen molar-refractivity contribution in [2.24, 2.45) is 0 Å². The van der Waals surface area contributed by atoms with E-state index < -0.39 is 0 Å². The summed E-state index contributed by atoms with van der Waals surface area (Å²) in [7, 11) is 0. The summed E-state index contributed by atoms with van der Waals surface area (Å²) in [5, 5.41) is 1.70. The summed E-state index contributed by atoms with van der Waals surface area (Å²) in [5.74, 6) is 2.58. The molecule has 0 spiro atoms. The van der Waals surface area contributed by atoms with Crippen molar-refractivity contribution in [3.63, 3.8) is 0 Å². The van der Waals surface area contributed by atoms with E-state index in [1.807, 2.05) is 13.8 Å². The van der Waals surface area contributed by atoms with Gasteiger partial charge in [-0.25, -0.2) is 0 Å². The Hall–Kier alpha value is -3.05. The molecule has 1 aromatic heterocycles. The second-order valence-electron chi connectivity index (χ2n) is 7.08. The Bertz CT molecular complexity index is 1150. The maximum atomic E-state index is 12.6. The first kappa shape index (κ1) is 18.7. The molecular weight excluding hydrogens is 330 g/mol. The molecule has 1 aliphatic rings. The van der Waals surface area contributed by atoms with Crippen LogP contribution in [-0.2, 0) is 6.54 Å². The number of terminal acetylenes is 1. The third-order valence-corrected chi connectivity index (χ3v) is 5.11. The number of allylic oxidation sites excluding steroid dienone is 4. The molecule has 0 radical (unpaired) electrons. The number of rotatable bonds is 4. The normalized spacial score (nSPS) is 14.1. The number of benzene rings is 1. The molecule has 0 unspecified atom stereocenters. The van der Waals surface area contributed by atoms with Crippen molar-refractivity contribution in [2.45, 2.75) is 40.2 Å². The Morgan fingerprint density at radius 2 is 1.93 bits per heavy atom. The quantitative estimate of drug-likeness (QED) is 0.770. The van der Waals surface area contributed by atoms with Crippen LogP contribution in [0.15, 0.2) is 46.8 Å². The van der Waals surface area contributed by atoms with Crippen LogP contribution in [0.5, 0.6) is 0 Å². The van der Waals surface area contributed by atoms with Crippen molar-refractivity contribution in [1.29, 1.82) is 0 Å². The van der Waals surface area contributed by atoms with Gasteiger partial charge in [0.05, 0.1) is 5.56 Å². The van der Waals surface area contributed by atoms with Gasteiger partial charge in [-0.05, 0) is 55.0 Å². The van der Waals surface area contributed by atoms with Crippen LogP contribution in [0.25, 0.3) is 18.2 Å². The zero-order valence-corrected chi connectivity index (χ0v) is 16.3. The van der Waals surface area contributed by atoms with Crippen molar-refractivity contribution in [3.05, 3.63) is 85.2 Å². The van der Waals surface area contributed by atoms with E-state index in [9.17, 15) is 4.79 Å². The molecule has 0 atom stereocenters. The van der Waals surface area contributed by atoms with Gasteiger partial charge in [0.2, 0.25) is 0 Å². The predicted molar refractivity (Wildman–Crippen MR) is 115 cm³/mol. The number of hydrogen-bond donors (Lipinski definition) is 0. The Morgan fingerprint density at radius 1 is 1.22 bits per heavy atom. The van der Waals surface area contributed by atoms with Crippen LogP contribution in [0.4, 0.5) is 0 Å². The van der Waals surface area contributed by atoms with E-state index in [-0.39, 0.29) is 5.56 Å². The maximum absolute atomic E-state index is 12.6. The van der Waals surface area contributed by atoms with E-state index in [2.05, 4.69) is 61.9 Å². The van der Waals surface area contributed by atoms with Crippen LogP contribution in [0.1, 0.15) is 42.0 Å². The Morgan fingerprint density at radius 3 is 2.56 bits per heavy atom. The van der Waals surface area contributed by atoms with E-state index >= 15 is 0 Å². The van der Waals surface area contributed by atoms with Gasteiger partial charge in [0.15, 0.2) is 0 Å². The second-order valence-corrected chi connectivity index (χ2v) is 7.08. The zero-order chi connectivity index (χ0) is 19.6. The monoisotopic (exact) mass is 355 g/mol. The molecule has 2 heteroatoms. The van der Waals surface area contributed by atoms with E-state index in [1.165, 1.54) is 22.3 Å². The first-order valence-electron chi connectivity index (χ1n) is 9.33. The highest BCUT2D eigenvalue weighted by atomic mass is 16.1. The summed E-state index contributed by atoms with van der Waals surface area (Å²) in [5.41, 5.74) is 6.16. The molecule has 3 rings (SSSR count). The van der Waals surface area contributed by atoms with Gasteiger partial charge in [-0.15, -0.1) is 6.42 Å². The summed E-state index contributed by atoms with van der Waals surface area (Å²) in [6, 6.07) is 8.59. The van der Waals surface area contributed by atoms with Gasteiger partial charge in [0.1, 0.15) is 0 Å². The molecule has 136 valence electrons. The summed E-state index contributed by atoms with van der Waals surface area (Å²) in [6.45, 7) is 10.9. The van der Waals surface area contributed by atoms with Gasteiger partial charge >= 0.3 is 0 Å². The van der Waals surface area contributed by atoms with Crippen LogP contribution >= 0.6 is 0 Å². The standard InChI is InChI=1S/C25H25NO/c1-6-14-26-19(5)24(18(4)23(7-2)25(26)27)16-20-10-13-22(15-20)21-11-8-17(3)9-12-21/h2,8-13,16H,5-6,14-15H2,1,3-4H3/b24-16+. The first-order chi connectivity index (χ1) is 13.0. The highest BCUT2D eigenvalue weighted by Crippen LogP contribution is 2.28. The largest absolute Gasteiger partial charge is 0.308 e. The fourth-order valence-corrected chi connectivity index (χ4v) is 3.53. The highest BCUT2D eigenvalue weighted by molar-refractivity contribution is 5.76. The van der Waals surface area contributed by atoms with Gasteiger partial charge in [-0.3, -0.25) is 4.79 Å². The van der Waals surface area contributed by atoms with Gasteiger partial charge in [0.25, 0.3) is 5.56 Å². The molecule has 2 nitrogen and oxygen atoms in total. The van der Waals surface area contributed by atoms with Crippen molar-refractivity contribution in [2.75, 3.05) is 0 Å². The summed E-state index contributed by atoms with van der Waals surface area (Å²) >= 11 is 0. The minimum absolute atomic E-state index is 0.113. The van der Waals surface area contributed by atoms with Gasteiger partial charge in [-0.2, -0.15) is 0 Å². The predicted octanol–water partition coefficient (Wildman–Crippen LogP) is 3.46. The first-order valence-corrected chi connectivity index (χ1v) is 9.33. The van der Waals surface area contributed by atoms with E-state index in [0.29, 0.717) is 12.1 Å². The molecule has 0 saturated carbocycles. The molecule has 2 aromatic rings. The van der Waals surface area contributed by atoms with E-state index in [4.69, 9.17) is 6.42 Å². The van der Waals surface area contributed by atoms with Gasteiger partial charge in [-0.1, -0.05) is 61.4 Å². The number of pyridine rings is 1. The molecule has 0 bridgehead atoms. The zero-order valence-electron chi connectivity index (χ0n) is 16.3. The third-order valence-electron chi connectivity index (χ3n) is 5.11. The Labute approximate surface area is 160 Å². The second kappa shape index (κ2) is 7.68. The molecule has 0 fully saturated rings. The molecular formula is C25H25NO. The smallest absolute Gasteiger partial charge is 0.267 e. The minimum Gasteiger partial charge on any atom is -0.308 e. The van der Waals surface area contributed by atoms with E-state index in [1.54, 1.807) is 4.57 Å². The SMILES string of the molecule is C#Cc1c(C)/c(=C\C2=CC=C(c3ccc(C)cc3)C2)c(=C)n(CCC)c1=O. The van der Waals surface area contributed by atoms with Crippen molar-refractivity contribution >= 4 is 18.2 Å². The Balaban J connectivity index is 2.03. The molecule has 0 N–H and O–H groups in total. The number of nitrogens with zero attached hydrogens (tertiary/aromatic N) is 1. The summed E-state index contributed by atoms with van der Waals surface area (Å²) in [6.07, 6.45) is 13.8. The molecule has 1 heterocycles. The van der Waals surface area contributed by atoms with Gasteiger partial charge in [0, 0.05) is 17.1 Å². The lowest BCUT2D eigenvalue weighted by atomic mass is 10.0. The molecule has 1 aliphatic carbocycles. The number of aryl methyl sites for hydroxylation is 1. The third kappa shape index (κ3) is 3.59. The molecule has 0 amide bonds. The lowest BCUT2D eigenvalue weighted by Gasteiger charge is -2.10. The average Bonchev–Trinajstić information content (AvgIpc) is 3.12. The van der Waals surface area contributed by atoms with Crippen LogP contribution in [0.2, 0.25) is 0 Å². The summed E-state index contributed by atoms with van der Waals surface area (Å²) < 4.78 is 1.71. The molecule has 27 heavy (non-hydrogen) atoms. The Kier molecular flexibility index (Phi) is 5.33. The molecule has 0 aliphatic heterocycles. The number of hydrogen-bond acceptors (Lipinski definition) is 1. The van der Waals surface area contributed by atoms with Crippen LogP contribution in [-0.4, -0.2) is 4.57 Å². The van der Waals surface area contributed by atoms with E-state index in [0.717, 1.165) is 29.0 Å². The average molecular weight is 355 g/mol. The fourth-order valence-electron chi connectivity index (χ4n) is 3.53. The van der Waals surface area contributed by atoms with Crippen molar-refractivity contribution in [1.82, 2.24) is 4.57 Å². The van der Waals surface area contributed by atoms with Gasteiger partial charge < -0.3 is 4.57 Å². The molecule has 1 aromatic carbocycles.